The fourth-order valence-electron chi connectivity index (χ4n) is 2.85. The van der Waals surface area contributed by atoms with Crippen LogP contribution in [0.15, 0.2) is 46.9 Å². The van der Waals surface area contributed by atoms with Crippen molar-refractivity contribution in [2.24, 2.45) is 0 Å². The third-order valence-corrected chi connectivity index (χ3v) is 4.32. The Bertz CT molecular complexity index is 1040. The summed E-state index contributed by atoms with van der Waals surface area (Å²) >= 11 is 0. The number of nitrogens with one attached hydrogen (secondary N) is 2. The van der Waals surface area contributed by atoms with Gasteiger partial charge in [0.25, 0.3) is 5.91 Å². The summed E-state index contributed by atoms with van der Waals surface area (Å²) in [5.74, 6) is 1.00. The highest BCUT2D eigenvalue weighted by Crippen LogP contribution is 2.22. The maximum Gasteiger partial charge on any atom is 0.433 e. The van der Waals surface area contributed by atoms with Gasteiger partial charge >= 0.3 is 5.88 Å². The van der Waals surface area contributed by atoms with Gasteiger partial charge in [-0.3, -0.25) is 14.9 Å². The molecule has 10 heteroatoms. The predicted molar refractivity (Wildman–Crippen MR) is 113 cm³/mol. The lowest BCUT2D eigenvalue weighted by atomic mass is 10.2. The number of aromatic nitrogens is 2. The first-order valence-corrected chi connectivity index (χ1v) is 9.43. The van der Waals surface area contributed by atoms with E-state index in [2.05, 4.69) is 39.3 Å². The number of nitrogens with zero attached hydrogens (tertiary/aromatic N) is 4. The van der Waals surface area contributed by atoms with E-state index in [1.807, 2.05) is 13.0 Å². The molecular formula is C20H22N6O4. The van der Waals surface area contributed by atoms with Gasteiger partial charge in [0.1, 0.15) is 22.4 Å². The largest absolute Gasteiger partial charge is 0.433 e. The number of rotatable bonds is 8. The number of hydrogen-bond donors (Lipinski definition) is 2. The van der Waals surface area contributed by atoms with Gasteiger partial charge in [0.15, 0.2) is 5.76 Å². The molecule has 0 fully saturated rings. The molecule has 2 N–H and O–H groups in total. The fraction of sp³-hybridized carbons (Fsp3) is 0.250. The zero-order valence-electron chi connectivity index (χ0n) is 16.9. The number of nitro groups is 1. The quantitative estimate of drug-likeness (QED) is 0.419. The molecule has 2 heterocycles. The zero-order chi connectivity index (χ0) is 21.7. The molecule has 0 spiro atoms. The second-order valence-electron chi connectivity index (χ2n) is 6.38. The summed E-state index contributed by atoms with van der Waals surface area (Å²) in [7, 11) is 0. The number of carbonyl (C=O) groups excluding carboxylic acids is 1. The Morgan fingerprint density at radius 1 is 1.10 bits per heavy atom. The zero-order valence-corrected chi connectivity index (χ0v) is 16.9. The van der Waals surface area contributed by atoms with Gasteiger partial charge in [0, 0.05) is 30.5 Å². The third kappa shape index (κ3) is 4.90. The first-order valence-electron chi connectivity index (χ1n) is 9.43. The molecular weight excluding hydrogens is 388 g/mol. The summed E-state index contributed by atoms with van der Waals surface area (Å²) in [4.78, 5) is 33.2. The van der Waals surface area contributed by atoms with Gasteiger partial charge in [-0.05, 0) is 51.1 Å². The minimum atomic E-state index is -0.697. The minimum absolute atomic E-state index is 0.135. The van der Waals surface area contributed by atoms with Crippen molar-refractivity contribution >= 4 is 34.8 Å². The van der Waals surface area contributed by atoms with Crippen molar-refractivity contribution in [1.82, 2.24) is 9.97 Å². The van der Waals surface area contributed by atoms with E-state index in [4.69, 9.17) is 4.42 Å². The summed E-state index contributed by atoms with van der Waals surface area (Å²) in [5, 5.41) is 16.5. The van der Waals surface area contributed by atoms with Gasteiger partial charge < -0.3 is 20.0 Å². The molecule has 0 aliphatic heterocycles. The molecule has 0 atom stereocenters. The van der Waals surface area contributed by atoms with E-state index in [9.17, 15) is 14.9 Å². The Morgan fingerprint density at radius 3 is 2.37 bits per heavy atom. The lowest BCUT2D eigenvalue weighted by Gasteiger charge is -2.20. The van der Waals surface area contributed by atoms with Crippen molar-refractivity contribution in [3.8, 4) is 0 Å². The Labute approximate surface area is 173 Å². The number of anilines is 4. The van der Waals surface area contributed by atoms with Crippen molar-refractivity contribution in [3.63, 3.8) is 0 Å². The highest BCUT2D eigenvalue weighted by molar-refractivity contribution is 6.02. The number of hydrogen-bond acceptors (Lipinski definition) is 8. The van der Waals surface area contributed by atoms with E-state index in [1.54, 1.807) is 24.3 Å². The molecule has 0 aliphatic carbocycles. The normalized spacial score (nSPS) is 10.5. The third-order valence-electron chi connectivity index (χ3n) is 4.32. The highest BCUT2D eigenvalue weighted by Gasteiger charge is 2.17. The Kier molecular flexibility index (Phi) is 6.26. The lowest BCUT2D eigenvalue weighted by molar-refractivity contribution is -0.402. The van der Waals surface area contributed by atoms with Crippen LogP contribution in [0.25, 0.3) is 0 Å². The summed E-state index contributed by atoms with van der Waals surface area (Å²) in [6.07, 6.45) is 0. The Morgan fingerprint density at radius 2 is 1.77 bits per heavy atom. The molecule has 1 amide bonds. The van der Waals surface area contributed by atoms with Gasteiger partial charge in [-0.2, -0.15) is 0 Å². The van der Waals surface area contributed by atoms with Gasteiger partial charge in [-0.25, -0.2) is 9.97 Å². The molecule has 156 valence electrons. The van der Waals surface area contributed by atoms with Gasteiger partial charge in [-0.15, -0.1) is 0 Å². The molecule has 0 radical (unpaired) electrons. The van der Waals surface area contributed by atoms with Crippen molar-refractivity contribution in [2.75, 3.05) is 28.6 Å². The molecule has 0 saturated carbocycles. The molecule has 30 heavy (non-hydrogen) atoms. The van der Waals surface area contributed by atoms with Crippen molar-refractivity contribution in [1.29, 1.82) is 0 Å². The van der Waals surface area contributed by atoms with Gasteiger partial charge in [0.2, 0.25) is 0 Å². The first-order chi connectivity index (χ1) is 14.4. The molecule has 0 aliphatic rings. The summed E-state index contributed by atoms with van der Waals surface area (Å²) in [6.45, 7) is 7.68. The van der Waals surface area contributed by atoms with Crippen LogP contribution in [0.3, 0.4) is 0 Å². The second-order valence-corrected chi connectivity index (χ2v) is 6.38. The Hall–Kier alpha value is -3.95. The van der Waals surface area contributed by atoms with Crippen LogP contribution in [0.5, 0.6) is 0 Å². The van der Waals surface area contributed by atoms with E-state index in [0.717, 1.165) is 30.7 Å². The molecule has 2 aromatic heterocycles. The van der Waals surface area contributed by atoms with Crippen molar-refractivity contribution in [3.05, 3.63) is 64.2 Å². The molecule has 0 unspecified atom stereocenters. The van der Waals surface area contributed by atoms with Crippen molar-refractivity contribution in [2.45, 2.75) is 20.8 Å². The van der Waals surface area contributed by atoms with E-state index in [-0.39, 0.29) is 5.76 Å². The van der Waals surface area contributed by atoms with E-state index < -0.39 is 16.7 Å². The average Bonchev–Trinajstić information content (AvgIpc) is 3.21. The maximum absolute atomic E-state index is 12.2. The maximum atomic E-state index is 12.2. The highest BCUT2D eigenvalue weighted by atomic mass is 16.6. The van der Waals surface area contributed by atoms with Crippen LogP contribution < -0.4 is 15.5 Å². The lowest BCUT2D eigenvalue weighted by Crippen LogP contribution is -2.23. The first kappa shape index (κ1) is 20.8. The second kappa shape index (κ2) is 9.03. The monoisotopic (exact) mass is 410 g/mol. The molecule has 3 aromatic rings. The molecule has 1 aromatic carbocycles. The number of furan rings is 1. The molecule has 10 nitrogen and oxygen atoms in total. The number of carbonyl (C=O) groups is 1. The predicted octanol–water partition coefficient (Wildman–Crippen LogP) is 4.13. The van der Waals surface area contributed by atoms with Crippen molar-refractivity contribution < 1.29 is 14.1 Å². The van der Waals surface area contributed by atoms with Crippen LogP contribution in [0.2, 0.25) is 0 Å². The molecule has 0 saturated heterocycles. The average molecular weight is 410 g/mol. The molecule has 3 rings (SSSR count). The summed E-state index contributed by atoms with van der Waals surface area (Å²) in [5.41, 5.74) is 1.30. The molecule has 0 bridgehead atoms. The Balaban J connectivity index is 1.68. The van der Waals surface area contributed by atoms with Gasteiger partial charge in [0.05, 0.1) is 6.07 Å². The van der Waals surface area contributed by atoms with E-state index >= 15 is 0 Å². The number of aryl methyl sites for hydroxylation is 1. The van der Waals surface area contributed by atoms with Crippen LogP contribution in [0.4, 0.5) is 28.9 Å². The summed E-state index contributed by atoms with van der Waals surface area (Å²) in [6, 6.07) is 11.3. The van der Waals surface area contributed by atoms with Crippen LogP contribution in [-0.4, -0.2) is 33.9 Å². The van der Waals surface area contributed by atoms with Crippen LogP contribution in [0.1, 0.15) is 30.2 Å². The smallest absolute Gasteiger partial charge is 0.395 e. The minimum Gasteiger partial charge on any atom is -0.395 e. The van der Waals surface area contributed by atoms with Crippen LogP contribution >= 0.6 is 0 Å². The number of benzene rings is 1. The summed E-state index contributed by atoms with van der Waals surface area (Å²) < 4.78 is 4.90. The SMILES string of the molecule is CCN(CC)c1cc(Nc2ccc(NC(=O)c3ccc([N+](=O)[O-])o3)cc2)nc(C)n1. The topological polar surface area (TPSA) is 126 Å². The van der Waals surface area contributed by atoms with Gasteiger partial charge in [-0.1, -0.05) is 0 Å². The van der Waals surface area contributed by atoms with E-state index in [1.165, 1.54) is 6.07 Å². The van der Waals surface area contributed by atoms with Crippen LogP contribution in [-0.2, 0) is 0 Å². The number of amides is 1. The fourth-order valence-corrected chi connectivity index (χ4v) is 2.85. The van der Waals surface area contributed by atoms with Crippen LogP contribution in [0, 0.1) is 17.0 Å². The standard InChI is InChI=1S/C20H22N6O4/c1-4-25(5-2)18-12-17(21-13(3)22-18)23-14-6-8-15(9-7-14)24-20(27)16-10-11-19(30-16)26(28)29/h6-12H,4-5H2,1-3H3,(H,24,27)(H,21,22,23). The van der Waals surface area contributed by atoms with E-state index in [0.29, 0.717) is 17.3 Å².